The SMILES string of the molecule is COC1=C(C)C(=O)C2=C(C1=O)[C@@H]1[C@@H]3[C@@H]4SCC(=O)C(=O)OC[C@@H](c5c6c(c(C)c(OC(C)=O)c54)OCO6)N3[C@@H](C#N)[C@@H](C2)N1C. The maximum Gasteiger partial charge on any atom is 0.375 e. The molecule has 2 fully saturated rings. The summed E-state index contributed by atoms with van der Waals surface area (Å²) < 4.78 is 28.7. The van der Waals surface area contributed by atoms with Crippen molar-refractivity contribution in [1.29, 1.82) is 5.26 Å². The Morgan fingerprint density at radius 3 is 2.49 bits per heavy atom. The van der Waals surface area contributed by atoms with E-state index >= 15 is 0 Å². The lowest BCUT2D eigenvalue weighted by Gasteiger charge is -2.61. The number of likely N-dealkylation sites (N-methyl/N-ethyl adjacent to an activating group) is 1. The van der Waals surface area contributed by atoms with E-state index in [9.17, 15) is 29.2 Å². The molecule has 4 bridgehead atoms. The van der Waals surface area contributed by atoms with Gasteiger partial charge >= 0.3 is 11.9 Å². The first-order valence-corrected chi connectivity index (χ1v) is 15.5. The molecule has 0 N–H and O–H groups in total. The van der Waals surface area contributed by atoms with Gasteiger partial charge in [0.25, 0.3) is 0 Å². The van der Waals surface area contributed by atoms with E-state index in [2.05, 4.69) is 6.07 Å². The normalized spacial score (nSPS) is 30.8. The minimum absolute atomic E-state index is 0.0402. The zero-order valence-corrected chi connectivity index (χ0v) is 25.9. The van der Waals surface area contributed by atoms with E-state index in [1.54, 1.807) is 13.8 Å². The Labute approximate surface area is 262 Å². The molecule has 6 aliphatic rings. The lowest BCUT2D eigenvalue weighted by molar-refractivity contribution is -0.156. The molecule has 2 saturated heterocycles. The fourth-order valence-corrected chi connectivity index (χ4v) is 9.24. The van der Waals surface area contributed by atoms with Crippen LogP contribution in [0.1, 0.15) is 48.3 Å². The Hall–Kier alpha value is -4.19. The van der Waals surface area contributed by atoms with Gasteiger partial charge in [-0.1, -0.05) is 0 Å². The van der Waals surface area contributed by atoms with Crippen molar-refractivity contribution >= 4 is 41.1 Å². The first-order chi connectivity index (χ1) is 21.5. The fraction of sp³-hybridized carbons (Fsp3) is 0.484. The number of methoxy groups -OCH3 is 1. The van der Waals surface area contributed by atoms with Crippen LogP contribution in [0.5, 0.6) is 17.2 Å². The molecular weight excluding hydrogens is 606 g/mol. The molecule has 1 aromatic carbocycles. The Balaban J connectivity index is 1.55. The number of carbonyl (C=O) groups excluding carboxylic acids is 5. The number of hydrogen-bond acceptors (Lipinski definition) is 14. The number of nitriles is 1. The quantitative estimate of drug-likeness (QED) is 0.199. The Bertz CT molecular complexity index is 1740. The molecule has 0 saturated carbocycles. The lowest BCUT2D eigenvalue weighted by atomic mass is 9.68. The number of piperazine rings is 1. The summed E-state index contributed by atoms with van der Waals surface area (Å²) in [6.45, 7) is 4.13. The number of Topliss-reactive ketones (excluding diaryl/α,β-unsaturated/α-hetero) is 3. The van der Waals surface area contributed by atoms with Crippen LogP contribution in [-0.4, -0.2) is 96.6 Å². The summed E-state index contributed by atoms with van der Waals surface area (Å²) in [5, 5.41) is 10.0. The maximum absolute atomic E-state index is 14.1. The highest BCUT2D eigenvalue weighted by molar-refractivity contribution is 8.00. The van der Waals surface area contributed by atoms with Crippen LogP contribution in [0.2, 0.25) is 0 Å². The number of nitrogens with zero attached hydrogens (tertiary/aromatic N) is 3. The van der Waals surface area contributed by atoms with Crippen molar-refractivity contribution in [1.82, 2.24) is 9.80 Å². The number of fused-ring (bicyclic) bond motifs is 8. The van der Waals surface area contributed by atoms with Crippen LogP contribution in [0.4, 0.5) is 0 Å². The first kappa shape index (κ1) is 29.5. The van der Waals surface area contributed by atoms with E-state index < -0.39 is 59.0 Å². The van der Waals surface area contributed by atoms with Crippen LogP contribution in [0, 0.1) is 18.3 Å². The molecule has 0 unspecified atom stereocenters. The van der Waals surface area contributed by atoms with Gasteiger partial charge in [-0.3, -0.25) is 29.0 Å². The molecule has 6 atom stereocenters. The molecule has 14 heteroatoms. The Kier molecular flexibility index (Phi) is 6.84. The van der Waals surface area contributed by atoms with Gasteiger partial charge in [-0.15, -0.1) is 11.8 Å². The maximum atomic E-state index is 14.1. The van der Waals surface area contributed by atoms with E-state index in [0.717, 1.165) is 11.8 Å². The molecule has 45 heavy (non-hydrogen) atoms. The van der Waals surface area contributed by atoms with Gasteiger partial charge in [0.15, 0.2) is 23.0 Å². The average molecular weight is 636 g/mol. The zero-order chi connectivity index (χ0) is 32.1. The van der Waals surface area contributed by atoms with Crippen molar-refractivity contribution in [2.75, 3.05) is 33.3 Å². The highest BCUT2D eigenvalue weighted by Gasteiger charge is 2.62. The summed E-state index contributed by atoms with van der Waals surface area (Å²) in [5.74, 6) is -2.44. The van der Waals surface area contributed by atoms with Gasteiger partial charge in [0.1, 0.15) is 18.4 Å². The second-order valence-corrected chi connectivity index (χ2v) is 12.9. The standard InChI is InChI=1S/C31H29N3O10S/c1-11-24(37)14-6-15-16(7-32)34-17-8-41-31(39)18(36)9-45-30(23(34)22(33(15)4)19(14)25(38)27(11)40-5)21-20(17)29-28(42-10-43-29)12(2)26(21)44-13(3)35/h15-17,22-23,30H,6,8-10H2,1-5H3/t15-,16+,17+,22-,23-,30-/m1/s1. The van der Waals surface area contributed by atoms with Gasteiger partial charge < -0.3 is 23.7 Å². The number of rotatable bonds is 2. The number of ketones is 3. The van der Waals surface area contributed by atoms with Gasteiger partial charge in [0.05, 0.1) is 36.3 Å². The summed E-state index contributed by atoms with van der Waals surface area (Å²) in [6.07, 6.45) is 0.142. The number of allylic oxidation sites excluding steroid dienone is 2. The van der Waals surface area contributed by atoms with Crippen LogP contribution < -0.4 is 14.2 Å². The van der Waals surface area contributed by atoms with Crippen molar-refractivity contribution in [3.05, 3.63) is 39.2 Å². The van der Waals surface area contributed by atoms with Gasteiger partial charge in [-0.25, -0.2) is 4.79 Å². The minimum Gasteiger partial charge on any atom is -0.492 e. The van der Waals surface area contributed by atoms with Crippen LogP contribution in [-0.2, 0) is 33.4 Å². The number of cyclic esters (lactones) is 1. The smallest absolute Gasteiger partial charge is 0.375 e. The zero-order valence-electron chi connectivity index (χ0n) is 25.1. The van der Waals surface area contributed by atoms with Crippen LogP contribution >= 0.6 is 11.8 Å². The van der Waals surface area contributed by atoms with Crippen molar-refractivity contribution in [2.24, 2.45) is 0 Å². The lowest BCUT2D eigenvalue weighted by Crippen LogP contribution is -2.73. The molecule has 5 aliphatic heterocycles. The largest absolute Gasteiger partial charge is 0.492 e. The van der Waals surface area contributed by atoms with E-state index in [1.165, 1.54) is 14.0 Å². The number of carbonyl (C=O) groups is 5. The summed E-state index contributed by atoms with van der Waals surface area (Å²) in [5.41, 5.74) is 2.37. The molecular formula is C31H29N3O10S. The van der Waals surface area contributed by atoms with Crippen LogP contribution in [0.15, 0.2) is 22.5 Å². The topological polar surface area (TPSA) is 162 Å². The first-order valence-electron chi connectivity index (χ1n) is 14.4. The van der Waals surface area contributed by atoms with Crippen molar-refractivity contribution < 1.29 is 47.7 Å². The predicted molar refractivity (Wildman–Crippen MR) is 154 cm³/mol. The van der Waals surface area contributed by atoms with Gasteiger partial charge in [-0.05, 0) is 27.3 Å². The number of thioether (sulfide) groups is 1. The van der Waals surface area contributed by atoms with Gasteiger partial charge in [-0.2, -0.15) is 5.26 Å². The minimum atomic E-state index is -1.000. The summed E-state index contributed by atoms with van der Waals surface area (Å²) >= 11 is 1.12. The molecule has 0 radical (unpaired) electrons. The second kappa shape index (κ2) is 10.4. The number of esters is 2. The van der Waals surface area contributed by atoms with Gasteiger partial charge in [0, 0.05) is 52.4 Å². The molecule has 1 aromatic rings. The van der Waals surface area contributed by atoms with E-state index in [1.807, 2.05) is 16.8 Å². The highest BCUT2D eigenvalue weighted by atomic mass is 32.2. The van der Waals surface area contributed by atoms with E-state index in [4.69, 9.17) is 23.7 Å². The third kappa shape index (κ3) is 3.96. The van der Waals surface area contributed by atoms with Crippen molar-refractivity contribution in [3.8, 4) is 23.3 Å². The monoisotopic (exact) mass is 635 g/mol. The summed E-state index contributed by atoms with van der Waals surface area (Å²) in [7, 11) is 3.16. The average Bonchev–Trinajstić information content (AvgIpc) is 3.50. The van der Waals surface area contributed by atoms with Crippen LogP contribution in [0.25, 0.3) is 0 Å². The molecule has 0 aromatic heterocycles. The molecule has 0 amide bonds. The number of benzene rings is 1. The van der Waals surface area contributed by atoms with E-state index in [0.29, 0.717) is 33.8 Å². The fourth-order valence-electron chi connectivity index (χ4n) is 7.90. The van der Waals surface area contributed by atoms with Gasteiger partial charge in [0.2, 0.25) is 18.4 Å². The summed E-state index contributed by atoms with van der Waals surface area (Å²) in [4.78, 5) is 69.9. The molecule has 0 spiro atoms. The second-order valence-electron chi connectivity index (χ2n) is 11.8. The molecule has 7 rings (SSSR count). The molecule has 1 aliphatic carbocycles. The van der Waals surface area contributed by atoms with Crippen LogP contribution in [0.3, 0.4) is 0 Å². The predicted octanol–water partition coefficient (Wildman–Crippen LogP) is 1.62. The third-order valence-electron chi connectivity index (χ3n) is 9.69. The molecule has 234 valence electrons. The van der Waals surface area contributed by atoms with E-state index in [-0.39, 0.29) is 54.0 Å². The third-order valence-corrected chi connectivity index (χ3v) is 11.0. The highest BCUT2D eigenvalue weighted by Crippen LogP contribution is 2.62. The Morgan fingerprint density at radius 2 is 1.80 bits per heavy atom. The van der Waals surface area contributed by atoms with Crippen molar-refractivity contribution in [2.45, 2.75) is 62.7 Å². The number of ether oxygens (including phenoxy) is 5. The summed E-state index contributed by atoms with van der Waals surface area (Å²) in [6, 6.07) is -1.24. The molecule has 5 heterocycles. The molecule has 13 nitrogen and oxygen atoms in total. The Morgan fingerprint density at radius 1 is 1.07 bits per heavy atom. The van der Waals surface area contributed by atoms with Crippen molar-refractivity contribution in [3.63, 3.8) is 0 Å². The number of hydrogen-bond donors (Lipinski definition) is 0.